The lowest BCUT2D eigenvalue weighted by Crippen LogP contribution is -2.07. The highest BCUT2D eigenvalue weighted by molar-refractivity contribution is 5.87. The van der Waals surface area contributed by atoms with Gasteiger partial charge in [0, 0.05) is 11.5 Å². The molecule has 0 amide bonds. The summed E-state index contributed by atoms with van der Waals surface area (Å²) in [5.41, 5.74) is 0.735. The van der Waals surface area contributed by atoms with Crippen molar-refractivity contribution >= 4 is 5.97 Å². The predicted octanol–water partition coefficient (Wildman–Crippen LogP) is 1.54. The molecule has 68 valence electrons. The second-order valence-electron chi connectivity index (χ2n) is 2.51. The van der Waals surface area contributed by atoms with Gasteiger partial charge in [-0.3, -0.25) is 0 Å². The Morgan fingerprint density at radius 2 is 1.93 bits per heavy atom. The van der Waals surface area contributed by atoms with Crippen molar-refractivity contribution in [3.63, 3.8) is 0 Å². The summed E-state index contributed by atoms with van der Waals surface area (Å²) in [5.74, 6) is 3.43. The molecule has 0 saturated carbocycles. The van der Waals surface area contributed by atoms with Crippen molar-refractivity contribution in [1.82, 2.24) is 0 Å². The van der Waals surface area contributed by atoms with Crippen molar-refractivity contribution in [2.24, 2.45) is 0 Å². The van der Waals surface area contributed by atoms with E-state index >= 15 is 0 Å². The first-order valence-electron chi connectivity index (χ1n) is 3.96. The van der Waals surface area contributed by atoms with Crippen LogP contribution in [0.2, 0.25) is 0 Å². The van der Waals surface area contributed by atoms with Crippen LogP contribution in [0, 0.1) is 24.7 Å². The molecule has 0 N–H and O–H groups in total. The highest BCUT2D eigenvalue weighted by Gasteiger charge is 2.11. The van der Waals surface area contributed by atoms with Crippen LogP contribution in [0.3, 0.4) is 0 Å². The van der Waals surface area contributed by atoms with E-state index in [9.17, 15) is 4.79 Å². The van der Waals surface area contributed by atoms with Gasteiger partial charge in [-0.15, -0.1) is 12.8 Å². The fraction of sp³-hybridized carbons (Fsp3) is 0.0833. The number of carbonyl (C=O) groups is 1. The number of hydrogen-bond acceptors (Lipinski definition) is 2. The van der Waals surface area contributed by atoms with Crippen LogP contribution >= 0.6 is 0 Å². The molecule has 0 aliphatic carbocycles. The Bertz CT molecular complexity index is 393. The maximum Gasteiger partial charge on any atom is 0.385 e. The SMILES string of the molecule is C#CC(=O)OC(C#C)c1ccccc1. The van der Waals surface area contributed by atoms with Gasteiger partial charge in [0.05, 0.1) is 0 Å². The van der Waals surface area contributed by atoms with Gasteiger partial charge in [-0.1, -0.05) is 36.3 Å². The van der Waals surface area contributed by atoms with Gasteiger partial charge in [-0.05, 0) is 0 Å². The predicted molar refractivity (Wildman–Crippen MR) is 52.9 cm³/mol. The smallest absolute Gasteiger partial charge is 0.385 e. The van der Waals surface area contributed by atoms with E-state index in [-0.39, 0.29) is 0 Å². The van der Waals surface area contributed by atoms with Crippen LogP contribution in [0.25, 0.3) is 0 Å². The van der Waals surface area contributed by atoms with Crippen molar-refractivity contribution in [1.29, 1.82) is 0 Å². The second kappa shape index (κ2) is 4.74. The average molecular weight is 184 g/mol. The molecule has 2 heteroatoms. The molecule has 0 aromatic heterocycles. The van der Waals surface area contributed by atoms with Crippen molar-refractivity contribution in [3.05, 3.63) is 35.9 Å². The summed E-state index contributed by atoms with van der Waals surface area (Å²) in [4.78, 5) is 10.8. The summed E-state index contributed by atoms with van der Waals surface area (Å²) in [6.07, 6.45) is 9.36. The Kier molecular flexibility index (Phi) is 3.35. The molecule has 0 aliphatic heterocycles. The van der Waals surface area contributed by atoms with Crippen molar-refractivity contribution < 1.29 is 9.53 Å². The van der Waals surface area contributed by atoms with Crippen molar-refractivity contribution in [2.75, 3.05) is 0 Å². The number of terminal acetylenes is 2. The van der Waals surface area contributed by atoms with E-state index in [0.29, 0.717) is 0 Å². The Morgan fingerprint density at radius 1 is 1.29 bits per heavy atom. The van der Waals surface area contributed by atoms with E-state index in [2.05, 4.69) is 5.92 Å². The number of esters is 1. The lowest BCUT2D eigenvalue weighted by molar-refractivity contribution is -0.139. The molecule has 0 aliphatic rings. The van der Waals surface area contributed by atoms with Crippen LogP contribution < -0.4 is 0 Å². The van der Waals surface area contributed by atoms with E-state index in [4.69, 9.17) is 17.6 Å². The normalized spacial score (nSPS) is 10.7. The van der Waals surface area contributed by atoms with Gasteiger partial charge in [0.1, 0.15) is 0 Å². The zero-order chi connectivity index (χ0) is 10.4. The summed E-state index contributed by atoms with van der Waals surface area (Å²) in [6.45, 7) is 0. The van der Waals surface area contributed by atoms with Crippen molar-refractivity contribution in [2.45, 2.75) is 6.10 Å². The minimum atomic E-state index is -0.753. The molecule has 0 saturated heterocycles. The molecule has 1 aromatic carbocycles. The fourth-order valence-electron chi connectivity index (χ4n) is 0.967. The first-order chi connectivity index (χ1) is 6.77. The van der Waals surface area contributed by atoms with E-state index in [0.717, 1.165) is 5.56 Å². The summed E-state index contributed by atoms with van der Waals surface area (Å²) in [6, 6.07) is 9.01. The monoisotopic (exact) mass is 184 g/mol. The van der Waals surface area contributed by atoms with Crippen LogP contribution in [-0.4, -0.2) is 5.97 Å². The van der Waals surface area contributed by atoms with E-state index in [1.165, 1.54) is 0 Å². The van der Waals surface area contributed by atoms with Crippen LogP contribution in [0.4, 0.5) is 0 Å². The van der Waals surface area contributed by atoms with E-state index in [1.54, 1.807) is 12.1 Å². The minimum Gasteiger partial charge on any atom is -0.435 e. The molecule has 1 aromatic rings. The second-order valence-corrected chi connectivity index (χ2v) is 2.51. The molecule has 0 heterocycles. The molecule has 1 unspecified atom stereocenters. The van der Waals surface area contributed by atoms with Crippen LogP contribution in [-0.2, 0) is 9.53 Å². The van der Waals surface area contributed by atoms with Gasteiger partial charge in [0.25, 0.3) is 0 Å². The third-order valence-electron chi connectivity index (χ3n) is 1.60. The first kappa shape index (κ1) is 9.89. The number of benzene rings is 1. The van der Waals surface area contributed by atoms with Gasteiger partial charge < -0.3 is 4.74 Å². The Morgan fingerprint density at radius 3 is 2.43 bits per heavy atom. The fourth-order valence-corrected chi connectivity index (χ4v) is 0.967. The quantitative estimate of drug-likeness (QED) is 0.396. The molecule has 0 bridgehead atoms. The third-order valence-corrected chi connectivity index (χ3v) is 1.60. The standard InChI is InChI=1S/C12H8O2/c1-3-11(14-12(13)4-2)10-8-6-5-7-9-10/h1-2,5-9,11H. The van der Waals surface area contributed by atoms with Gasteiger partial charge in [0.2, 0.25) is 0 Å². The number of rotatable bonds is 2. The maximum absolute atomic E-state index is 10.8. The van der Waals surface area contributed by atoms with E-state index in [1.807, 2.05) is 24.1 Å². The third kappa shape index (κ3) is 2.40. The number of carbonyl (C=O) groups excluding carboxylic acids is 1. The van der Waals surface area contributed by atoms with Gasteiger partial charge in [-0.25, -0.2) is 4.79 Å². The lowest BCUT2D eigenvalue weighted by Gasteiger charge is -2.09. The highest BCUT2D eigenvalue weighted by Crippen LogP contribution is 2.15. The molecule has 2 nitrogen and oxygen atoms in total. The largest absolute Gasteiger partial charge is 0.435 e. The summed E-state index contributed by atoms with van der Waals surface area (Å²) in [5, 5.41) is 0. The molecule has 0 fully saturated rings. The number of hydrogen-bond donors (Lipinski definition) is 0. The Balaban J connectivity index is 2.81. The van der Waals surface area contributed by atoms with Crippen LogP contribution in [0.5, 0.6) is 0 Å². The molecule has 14 heavy (non-hydrogen) atoms. The minimum absolute atomic E-state index is 0.709. The van der Waals surface area contributed by atoms with Gasteiger partial charge in [0.15, 0.2) is 6.10 Å². The zero-order valence-electron chi connectivity index (χ0n) is 7.44. The highest BCUT2D eigenvalue weighted by atomic mass is 16.5. The van der Waals surface area contributed by atoms with Crippen LogP contribution in [0.1, 0.15) is 11.7 Å². The van der Waals surface area contributed by atoms with Gasteiger partial charge >= 0.3 is 5.97 Å². The maximum atomic E-state index is 10.8. The lowest BCUT2D eigenvalue weighted by atomic mass is 10.1. The van der Waals surface area contributed by atoms with E-state index < -0.39 is 12.1 Å². The topological polar surface area (TPSA) is 26.3 Å². The molecule has 0 spiro atoms. The molecule has 1 rings (SSSR count). The summed E-state index contributed by atoms with van der Waals surface area (Å²) < 4.78 is 4.82. The first-order valence-corrected chi connectivity index (χ1v) is 3.96. The molecule has 0 radical (unpaired) electrons. The average Bonchev–Trinajstić information content (AvgIpc) is 2.26. The van der Waals surface area contributed by atoms with Gasteiger partial charge in [-0.2, -0.15) is 0 Å². The van der Waals surface area contributed by atoms with Crippen molar-refractivity contribution in [3.8, 4) is 24.7 Å². The number of ether oxygens (including phenoxy) is 1. The summed E-state index contributed by atoms with van der Waals surface area (Å²) in [7, 11) is 0. The van der Waals surface area contributed by atoms with Crippen LogP contribution in [0.15, 0.2) is 30.3 Å². The molecular weight excluding hydrogens is 176 g/mol. The Labute approximate surface area is 82.9 Å². The molecule has 1 atom stereocenters. The Hall–Kier alpha value is -2.19. The zero-order valence-corrected chi connectivity index (χ0v) is 7.44. The molecular formula is C12H8O2. The summed E-state index contributed by atoms with van der Waals surface area (Å²) >= 11 is 0.